The number of nitrogens with zero attached hydrogens (tertiary/aromatic N) is 1. The van der Waals surface area contributed by atoms with Crippen LogP contribution in [0, 0.1) is 6.92 Å². The fraction of sp³-hybridized carbons (Fsp3) is 0.167. The molecule has 0 N–H and O–H groups in total. The van der Waals surface area contributed by atoms with E-state index in [1.54, 1.807) is 20.3 Å². The maximum atomic E-state index is 13.0. The largest absolute Gasteiger partial charge is 0.496 e. The van der Waals surface area contributed by atoms with Crippen molar-refractivity contribution in [2.75, 3.05) is 14.2 Å². The summed E-state index contributed by atoms with van der Waals surface area (Å²) in [5.41, 5.74) is 2.50. The van der Waals surface area contributed by atoms with E-state index < -0.39 is 0 Å². The molecule has 30 heavy (non-hydrogen) atoms. The second kappa shape index (κ2) is 8.24. The highest BCUT2D eigenvalue weighted by molar-refractivity contribution is 8.18. The van der Waals surface area contributed by atoms with E-state index in [4.69, 9.17) is 9.47 Å². The number of carbonyl (C=O) groups excluding carboxylic acids is 2. The van der Waals surface area contributed by atoms with Gasteiger partial charge in [0.2, 0.25) is 0 Å². The summed E-state index contributed by atoms with van der Waals surface area (Å²) in [6, 6.07) is 17.5. The molecule has 0 unspecified atom stereocenters. The van der Waals surface area contributed by atoms with E-state index in [0.717, 1.165) is 39.2 Å². The van der Waals surface area contributed by atoms with Crippen LogP contribution in [0.1, 0.15) is 16.7 Å². The van der Waals surface area contributed by atoms with Gasteiger partial charge in [0.05, 0.1) is 25.7 Å². The zero-order valence-electron chi connectivity index (χ0n) is 17.0. The summed E-state index contributed by atoms with van der Waals surface area (Å²) in [4.78, 5) is 27.3. The molecule has 4 rings (SSSR count). The molecule has 1 saturated heterocycles. The lowest BCUT2D eigenvalue weighted by molar-refractivity contribution is -0.123. The van der Waals surface area contributed by atoms with E-state index >= 15 is 0 Å². The monoisotopic (exact) mass is 419 g/mol. The molecule has 1 heterocycles. The molecule has 0 atom stereocenters. The number of ether oxygens (including phenoxy) is 2. The van der Waals surface area contributed by atoms with Gasteiger partial charge in [0, 0.05) is 11.1 Å². The van der Waals surface area contributed by atoms with Crippen LogP contribution in [-0.4, -0.2) is 30.3 Å². The number of imide groups is 1. The standard InChI is InChI=1S/C24H21NO4S/c1-15-20(28-2)12-11-17(22(15)29-3)13-21-23(26)25(24(27)30-21)14-18-9-6-8-16-7-4-5-10-19(16)18/h4-13H,14H2,1-3H3/b21-13+. The molecule has 1 aliphatic rings. The molecule has 5 nitrogen and oxygen atoms in total. The van der Waals surface area contributed by atoms with Gasteiger partial charge in [-0.1, -0.05) is 42.5 Å². The lowest BCUT2D eigenvalue weighted by Gasteiger charge is -2.14. The molecule has 0 aliphatic carbocycles. The Labute approximate surface area is 179 Å². The van der Waals surface area contributed by atoms with Gasteiger partial charge in [-0.3, -0.25) is 14.5 Å². The van der Waals surface area contributed by atoms with Gasteiger partial charge in [0.15, 0.2) is 0 Å². The third-order valence-electron chi connectivity index (χ3n) is 5.18. The zero-order chi connectivity index (χ0) is 21.3. The van der Waals surface area contributed by atoms with Crippen molar-refractivity contribution in [1.82, 2.24) is 4.90 Å². The third-order valence-corrected chi connectivity index (χ3v) is 6.09. The van der Waals surface area contributed by atoms with Crippen LogP contribution in [0.25, 0.3) is 16.8 Å². The molecule has 0 saturated carbocycles. The summed E-state index contributed by atoms with van der Waals surface area (Å²) in [5.74, 6) is 1.02. The van der Waals surface area contributed by atoms with E-state index in [1.807, 2.05) is 61.5 Å². The molecule has 1 fully saturated rings. The highest BCUT2D eigenvalue weighted by Gasteiger charge is 2.35. The van der Waals surface area contributed by atoms with Gasteiger partial charge in [-0.2, -0.15) is 0 Å². The topological polar surface area (TPSA) is 55.8 Å². The number of methoxy groups -OCH3 is 2. The SMILES string of the molecule is COc1ccc(/C=C2/SC(=O)N(Cc3cccc4ccccc34)C2=O)c(OC)c1C. The van der Waals surface area contributed by atoms with Crippen molar-refractivity contribution in [3.63, 3.8) is 0 Å². The first-order valence-electron chi connectivity index (χ1n) is 9.47. The van der Waals surface area contributed by atoms with E-state index in [1.165, 1.54) is 4.90 Å². The Kier molecular flexibility index (Phi) is 5.50. The predicted molar refractivity (Wildman–Crippen MR) is 120 cm³/mol. The average molecular weight is 420 g/mol. The fourth-order valence-electron chi connectivity index (χ4n) is 3.68. The van der Waals surface area contributed by atoms with Crippen LogP contribution in [0.15, 0.2) is 59.5 Å². The van der Waals surface area contributed by atoms with Crippen molar-refractivity contribution in [3.8, 4) is 11.5 Å². The van der Waals surface area contributed by atoms with Gasteiger partial charge in [-0.25, -0.2) is 0 Å². The van der Waals surface area contributed by atoms with Gasteiger partial charge >= 0.3 is 0 Å². The highest BCUT2D eigenvalue weighted by atomic mass is 32.2. The molecule has 3 aromatic carbocycles. The van der Waals surface area contributed by atoms with Crippen molar-refractivity contribution in [1.29, 1.82) is 0 Å². The maximum absolute atomic E-state index is 13.0. The molecule has 0 radical (unpaired) electrons. The number of carbonyl (C=O) groups is 2. The molecule has 2 amide bonds. The number of fused-ring (bicyclic) bond motifs is 1. The molecular weight excluding hydrogens is 398 g/mol. The minimum atomic E-state index is -0.298. The molecule has 152 valence electrons. The predicted octanol–water partition coefficient (Wildman–Crippen LogP) is 5.40. The number of hydrogen-bond donors (Lipinski definition) is 0. The first-order chi connectivity index (χ1) is 14.5. The summed E-state index contributed by atoms with van der Waals surface area (Å²) in [5, 5.41) is 1.84. The van der Waals surface area contributed by atoms with Crippen LogP contribution in [-0.2, 0) is 11.3 Å². The number of hydrogen-bond acceptors (Lipinski definition) is 5. The first-order valence-corrected chi connectivity index (χ1v) is 10.3. The van der Waals surface area contributed by atoms with Gasteiger partial charge in [0.25, 0.3) is 11.1 Å². The maximum Gasteiger partial charge on any atom is 0.293 e. The van der Waals surface area contributed by atoms with Crippen LogP contribution in [0.3, 0.4) is 0 Å². The summed E-state index contributed by atoms with van der Waals surface area (Å²) in [7, 11) is 3.17. The smallest absolute Gasteiger partial charge is 0.293 e. The Morgan fingerprint density at radius 1 is 0.967 bits per heavy atom. The van der Waals surface area contributed by atoms with Crippen LogP contribution >= 0.6 is 11.8 Å². The summed E-state index contributed by atoms with van der Waals surface area (Å²) >= 11 is 0.948. The number of rotatable bonds is 5. The Balaban J connectivity index is 1.66. The number of amides is 2. The van der Waals surface area contributed by atoms with E-state index in [2.05, 4.69) is 0 Å². The van der Waals surface area contributed by atoms with Crippen LogP contribution in [0.2, 0.25) is 0 Å². The Hall–Kier alpha value is -3.25. The molecule has 6 heteroatoms. The molecule has 1 aliphatic heterocycles. The van der Waals surface area contributed by atoms with Crippen molar-refractivity contribution in [2.24, 2.45) is 0 Å². The number of thioether (sulfide) groups is 1. The van der Waals surface area contributed by atoms with Crippen LogP contribution in [0.5, 0.6) is 11.5 Å². The first kappa shape index (κ1) is 20.0. The van der Waals surface area contributed by atoms with Gasteiger partial charge in [0.1, 0.15) is 11.5 Å². The number of benzene rings is 3. The van der Waals surface area contributed by atoms with Crippen LogP contribution < -0.4 is 9.47 Å². The highest BCUT2D eigenvalue weighted by Crippen LogP contribution is 2.38. The van der Waals surface area contributed by atoms with E-state index in [0.29, 0.717) is 16.4 Å². The van der Waals surface area contributed by atoms with Crippen molar-refractivity contribution in [2.45, 2.75) is 13.5 Å². The normalized spacial score (nSPS) is 15.3. The van der Waals surface area contributed by atoms with Crippen molar-refractivity contribution >= 4 is 39.8 Å². The second-order valence-corrected chi connectivity index (χ2v) is 7.91. The van der Waals surface area contributed by atoms with E-state index in [9.17, 15) is 9.59 Å². The van der Waals surface area contributed by atoms with Crippen LogP contribution in [0.4, 0.5) is 4.79 Å². The Bertz CT molecular complexity index is 1180. The summed E-state index contributed by atoms with van der Waals surface area (Å²) < 4.78 is 10.9. The molecular formula is C24H21NO4S. The quantitative estimate of drug-likeness (QED) is 0.518. The second-order valence-electron chi connectivity index (χ2n) is 6.92. The summed E-state index contributed by atoms with van der Waals surface area (Å²) in [6.45, 7) is 2.13. The minimum Gasteiger partial charge on any atom is -0.496 e. The molecule has 0 bridgehead atoms. The van der Waals surface area contributed by atoms with Gasteiger partial charge in [-0.05, 0) is 53.2 Å². The fourth-order valence-corrected chi connectivity index (χ4v) is 4.51. The summed E-state index contributed by atoms with van der Waals surface area (Å²) in [6.07, 6.45) is 1.71. The zero-order valence-corrected chi connectivity index (χ0v) is 17.8. The van der Waals surface area contributed by atoms with E-state index in [-0.39, 0.29) is 17.7 Å². The lowest BCUT2D eigenvalue weighted by atomic mass is 10.0. The van der Waals surface area contributed by atoms with Crippen molar-refractivity contribution < 1.29 is 19.1 Å². The minimum absolute atomic E-state index is 0.238. The Morgan fingerprint density at radius 2 is 1.73 bits per heavy atom. The molecule has 0 aromatic heterocycles. The van der Waals surface area contributed by atoms with Gasteiger partial charge in [-0.15, -0.1) is 0 Å². The Morgan fingerprint density at radius 3 is 2.50 bits per heavy atom. The molecule has 0 spiro atoms. The third kappa shape index (κ3) is 3.55. The lowest BCUT2D eigenvalue weighted by Crippen LogP contribution is -2.27. The van der Waals surface area contributed by atoms with Crippen molar-refractivity contribution in [3.05, 3.63) is 76.2 Å². The average Bonchev–Trinajstić information content (AvgIpc) is 3.02. The van der Waals surface area contributed by atoms with Gasteiger partial charge < -0.3 is 9.47 Å². The molecule has 3 aromatic rings.